The van der Waals surface area contributed by atoms with E-state index >= 15 is 0 Å². The van der Waals surface area contributed by atoms with Gasteiger partial charge in [-0.3, -0.25) is 9.36 Å². The number of benzene rings is 3. The van der Waals surface area contributed by atoms with E-state index in [2.05, 4.69) is 0 Å². The Hall–Kier alpha value is -2.52. The first kappa shape index (κ1) is 20.2. The van der Waals surface area contributed by atoms with E-state index in [1.165, 1.54) is 14.2 Å². The molecule has 0 heterocycles. The monoisotopic (exact) mass is 394 g/mol. The zero-order valence-electron chi connectivity index (χ0n) is 16.2. The molecule has 0 saturated carbocycles. The molecule has 28 heavy (non-hydrogen) atoms. The van der Waals surface area contributed by atoms with E-state index in [9.17, 15) is 9.36 Å². The van der Waals surface area contributed by atoms with Crippen molar-refractivity contribution in [3.63, 3.8) is 0 Å². The Bertz CT molecular complexity index is 935. The third-order valence-electron chi connectivity index (χ3n) is 4.95. The molecule has 0 bridgehead atoms. The third-order valence-corrected chi connectivity index (χ3v) is 6.74. The third kappa shape index (κ3) is 3.35. The Morgan fingerprint density at radius 2 is 1.11 bits per heavy atom. The van der Waals surface area contributed by atoms with Gasteiger partial charge in [0.25, 0.3) is 5.52 Å². The molecule has 3 rings (SSSR count). The average molecular weight is 394 g/mol. The highest BCUT2D eigenvalue weighted by Gasteiger charge is 2.52. The fourth-order valence-corrected chi connectivity index (χ4v) is 4.77. The molecule has 0 radical (unpaired) electrons. The summed E-state index contributed by atoms with van der Waals surface area (Å²) in [6.45, 7) is 1.98. The van der Waals surface area contributed by atoms with Crippen molar-refractivity contribution in [2.24, 2.45) is 0 Å². The fraction of sp³-hybridized carbons (Fsp3) is 0.174. The lowest BCUT2D eigenvalue weighted by atomic mass is 9.70. The summed E-state index contributed by atoms with van der Waals surface area (Å²) in [6, 6.07) is 26.3. The molecule has 3 aromatic rings. The van der Waals surface area contributed by atoms with Crippen LogP contribution < -0.4 is 0 Å². The zero-order valence-corrected chi connectivity index (χ0v) is 17.1. The molecule has 0 aromatic heterocycles. The van der Waals surface area contributed by atoms with Crippen LogP contribution in [-0.2, 0) is 23.8 Å². The highest BCUT2D eigenvalue weighted by molar-refractivity contribution is 7.72. The van der Waals surface area contributed by atoms with Crippen LogP contribution in [0.25, 0.3) is 0 Å². The first-order valence-electron chi connectivity index (χ1n) is 8.93. The quantitative estimate of drug-likeness (QED) is 0.401. The van der Waals surface area contributed by atoms with Gasteiger partial charge in [-0.15, -0.1) is 0 Å². The predicted molar refractivity (Wildman–Crippen MR) is 111 cm³/mol. The molecule has 5 heteroatoms. The topological polar surface area (TPSA) is 52.6 Å². The first-order chi connectivity index (χ1) is 13.5. The lowest BCUT2D eigenvalue weighted by Gasteiger charge is -2.35. The molecule has 144 valence electrons. The summed E-state index contributed by atoms with van der Waals surface area (Å²) in [4.78, 5) is 13.9. The van der Waals surface area contributed by atoms with E-state index in [1.807, 2.05) is 91.9 Å². The first-order valence-corrected chi connectivity index (χ1v) is 10.5. The number of rotatable bonds is 7. The minimum atomic E-state index is -4.04. The maximum atomic E-state index is 13.9. The van der Waals surface area contributed by atoms with Crippen molar-refractivity contribution in [1.29, 1.82) is 0 Å². The molecule has 0 aliphatic carbocycles. The van der Waals surface area contributed by atoms with Crippen LogP contribution in [0.15, 0.2) is 84.9 Å². The molecule has 0 spiro atoms. The van der Waals surface area contributed by atoms with E-state index < -0.39 is 18.5 Å². The van der Waals surface area contributed by atoms with Crippen LogP contribution in [0.3, 0.4) is 0 Å². The smallest absolute Gasteiger partial charge is 0.307 e. The predicted octanol–water partition coefficient (Wildman–Crippen LogP) is 5.34. The van der Waals surface area contributed by atoms with Gasteiger partial charge in [-0.25, -0.2) is 0 Å². The van der Waals surface area contributed by atoms with Gasteiger partial charge >= 0.3 is 7.60 Å². The number of hydrogen-bond acceptors (Lipinski definition) is 4. The number of aryl methyl sites for hydroxylation is 1. The molecule has 4 nitrogen and oxygen atoms in total. The Balaban J connectivity index is 2.44. The maximum absolute atomic E-state index is 13.9. The minimum absolute atomic E-state index is 0.619. The fourth-order valence-electron chi connectivity index (χ4n) is 3.50. The van der Waals surface area contributed by atoms with Crippen LogP contribution in [0.5, 0.6) is 0 Å². The van der Waals surface area contributed by atoms with Crippen LogP contribution in [0, 0.1) is 6.92 Å². The van der Waals surface area contributed by atoms with E-state index in [4.69, 9.17) is 9.05 Å². The van der Waals surface area contributed by atoms with Crippen molar-refractivity contribution in [3.8, 4) is 0 Å². The van der Waals surface area contributed by atoms with Gasteiger partial charge in [-0.05, 0) is 23.6 Å². The Morgan fingerprint density at radius 1 is 0.714 bits per heavy atom. The van der Waals surface area contributed by atoms with Crippen LogP contribution >= 0.6 is 7.60 Å². The van der Waals surface area contributed by atoms with Crippen LogP contribution in [0.1, 0.15) is 22.3 Å². The van der Waals surface area contributed by atoms with Crippen molar-refractivity contribution >= 4 is 13.1 Å². The summed E-state index contributed by atoms with van der Waals surface area (Å²) in [5, 5.41) is 0. The molecule has 0 N–H and O–H groups in total. The summed E-state index contributed by atoms with van der Waals surface area (Å²) in [7, 11) is -1.57. The van der Waals surface area contributed by atoms with E-state index in [-0.39, 0.29) is 0 Å². The normalized spacial score (nSPS) is 12.0. The van der Waals surface area contributed by atoms with Crippen LogP contribution in [0.4, 0.5) is 0 Å². The van der Waals surface area contributed by atoms with Crippen LogP contribution in [-0.4, -0.2) is 19.7 Å². The Kier molecular flexibility index (Phi) is 5.95. The molecule has 0 unspecified atom stereocenters. The average Bonchev–Trinajstić information content (AvgIpc) is 2.76. The van der Waals surface area contributed by atoms with Crippen molar-refractivity contribution in [2.45, 2.75) is 12.3 Å². The second kappa shape index (κ2) is 8.24. The molecular weight excluding hydrogens is 371 g/mol. The standard InChI is InChI=1S/C23H23O4P/c1-18-14-16-21(17-15-18)23(19-10-6-4-7-11-19,20-12-8-5-9-13-20)22(24)28(25,26-2)27-3/h4-17H,1-3H3. The zero-order chi connectivity index (χ0) is 20.2. The van der Waals surface area contributed by atoms with Gasteiger partial charge in [0.2, 0.25) is 0 Å². The summed E-state index contributed by atoms with van der Waals surface area (Å²) < 4.78 is 23.5. The maximum Gasteiger partial charge on any atom is 0.397 e. The molecule has 0 saturated heterocycles. The van der Waals surface area contributed by atoms with Gasteiger partial charge in [0.1, 0.15) is 5.41 Å². The van der Waals surface area contributed by atoms with Gasteiger partial charge in [0.05, 0.1) is 0 Å². The lowest BCUT2D eigenvalue weighted by molar-refractivity contribution is -0.116. The summed E-state index contributed by atoms with van der Waals surface area (Å²) in [5.41, 5.74) is 1.21. The summed E-state index contributed by atoms with van der Waals surface area (Å²) >= 11 is 0. The molecule has 0 fully saturated rings. The van der Waals surface area contributed by atoms with Gasteiger partial charge in [-0.2, -0.15) is 0 Å². The van der Waals surface area contributed by atoms with Crippen LogP contribution in [0.2, 0.25) is 0 Å². The van der Waals surface area contributed by atoms with Crippen molar-refractivity contribution < 1.29 is 18.4 Å². The SMILES string of the molecule is COP(=O)(OC)C(=O)C(c1ccccc1)(c1ccccc1)c1ccc(C)cc1. The number of hydrogen-bond donors (Lipinski definition) is 0. The molecule has 0 atom stereocenters. The van der Waals surface area contributed by atoms with Crippen molar-refractivity contribution in [2.75, 3.05) is 14.2 Å². The number of carbonyl (C=O) groups excluding carboxylic acids is 1. The Morgan fingerprint density at radius 3 is 1.50 bits per heavy atom. The molecule has 0 amide bonds. The van der Waals surface area contributed by atoms with Gasteiger partial charge in [-0.1, -0.05) is 90.5 Å². The largest absolute Gasteiger partial charge is 0.397 e. The van der Waals surface area contributed by atoms with E-state index in [1.54, 1.807) is 0 Å². The minimum Gasteiger partial charge on any atom is -0.307 e. The molecule has 0 aliphatic rings. The van der Waals surface area contributed by atoms with Crippen molar-refractivity contribution in [1.82, 2.24) is 0 Å². The molecule has 3 aromatic carbocycles. The Labute approximate surface area is 165 Å². The lowest BCUT2D eigenvalue weighted by Crippen LogP contribution is -2.39. The highest BCUT2D eigenvalue weighted by atomic mass is 31.2. The second-order valence-electron chi connectivity index (χ2n) is 6.52. The summed E-state index contributed by atoms with van der Waals surface area (Å²) in [6.07, 6.45) is 0. The number of carbonyl (C=O) groups is 1. The highest BCUT2D eigenvalue weighted by Crippen LogP contribution is 2.57. The van der Waals surface area contributed by atoms with Crippen molar-refractivity contribution in [3.05, 3.63) is 107 Å². The van der Waals surface area contributed by atoms with Gasteiger partial charge in [0, 0.05) is 14.2 Å². The van der Waals surface area contributed by atoms with Gasteiger partial charge < -0.3 is 9.05 Å². The summed E-state index contributed by atoms with van der Waals surface area (Å²) in [5.74, 6) is 0. The van der Waals surface area contributed by atoms with Gasteiger partial charge in [0.15, 0.2) is 0 Å². The molecular formula is C23H23O4P. The molecule has 0 aliphatic heterocycles. The van der Waals surface area contributed by atoms with E-state index in [0.717, 1.165) is 5.56 Å². The second-order valence-corrected chi connectivity index (χ2v) is 8.65. The van der Waals surface area contributed by atoms with E-state index in [0.29, 0.717) is 16.7 Å².